The summed E-state index contributed by atoms with van der Waals surface area (Å²) in [5.41, 5.74) is 1.52. The van der Waals surface area contributed by atoms with Crippen LogP contribution in [0.3, 0.4) is 0 Å². The summed E-state index contributed by atoms with van der Waals surface area (Å²) < 4.78 is 46.3. The van der Waals surface area contributed by atoms with E-state index in [-0.39, 0.29) is 18.1 Å². The van der Waals surface area contributed by atoms with Crippen LogP contribution in [0.5, 0.6) is 0 Å². The number of hydrogen-bond acceptors (Lipinski definition) is 7. The molecule has 0 aliphatic carbocycles. The number of hydrogen-bond donors (Lipinski definition) is 1. The lowest BCUT2D eigenvalue weighted by atomic mass is 10.1. The number of aryl methyl sites for hydroxylation is 1. The van der Waals surface area contributed by atoms with E-state index in [1.54, 1.807) is 18.2 Å². The molecule has 0 unspecified atom stereocenters. The van der Waals surface area contributed by atoms with Crippen molar-refractivity contribution in [3.63, 3.8) is 0 Å². The van der Waals surface area contributed by atoms with Gasteiger partial charge in [0.05, 0.1) is 6.54 Å². The monoisotopic (exact) mass is 414 g/mol. The summed E-state index contributed by atoms with van der Waals surface area (Å²) in [5.74, 6) is -3.81. The molecular formula is C19H13F3N6O2. The maximum absolute atomic E-state index is 13.5. The Bertz CT molecular complexity index is 1250. The van der Waals surface area contributed by atoms with Gasteiger partial charge in [-0.2, -0.15) is 15.1 Å². The number of halogens is 3. The third-order valence-electron chi connectivity index (χ3n) is 4.25. The molecule has 2 aromatic carbocycles. The number of benzene rings is 2. The molecule has 152 valence electrons. The Balaban J connectivity index is 1.70. The third-order valence-corrected chi connectivity index (χ3v) is 4.25. The lowest BCUT2D eigenvalue weighted by molar-refractivity contribution is 0.419. The molecule has 2 aromatic heterocycles. The fourth-order valence-electron chi connectivity index (χ4n) is 2.76. The van der Waals surface area contributed by atoms with E-state index in [0.717, 1.165) is 23.9 Å². The van der Waals surface area contributed by atoms with Gasteiger partial charge in [-0.15, -0.1) is 0 Å². The predicted molar refractivity (Wildman–Crippen MR) is 99.5 cm³/mol. The van der Waals surface area contributed by atoms with Gasteiger partial charge in [-0.1, -0.05) is 17.3 Å². The molecule has 1 N–H and O–H groups in total. The molecule has 0 fully saturated rings. The van der Waals surface area contributed by atoms with Crippen LogP contribution in [0.25, 0.3) is 11.4 Å². The van der Waals surface area contributed by atoms with Gasteiger partial charge in [0, 0.05) is 11.3 Å². The molecule has 0 saturated heterocycles. The summed E-state index contributed by atoms with van der Waals surface area (Å²) in [6.07, 6.45) is 2.16. The average molecular weight is 414 g/mol. The number of nitrogens with zero attached hydrogens (tertiary/aromatic N) is 5. The van der Waals surface area contributed by atoms with Gasteiger partial charge in [0.2, 0.25) is 18.2 Å². The quantitative estimate of drug-likeness (QED) is 0.501. The van der Waals surface area contributed by atoms with Crippen molar-refractivity contribution in [3.8, 4) is 11.4 Å². The van der Waals surface area contributed by atoms with Crippen molar-refractivity contribution in [3.05, 3.63) is 81.9 Å². The molecule has 4 aromatic rings. The van der Waals surface area contributed by atoms with Crippen molar-refractivity contribution in [2.75, 3.05) is 5.32 Å². The fraction of sp³-hybridized carbons (Fsp3) is 0.105. The predicted octanol–water partition coefficient (Wildman–Crippen LogP) is 3.21. The van der Waals surface area contributed by atoms with E-state index in [0.29, 0.717) is 17.1 Å². The molecule has 8 nitrogen and oxygen atoms in total. The number of anilines is 2. The van der Waals surface area contributed by atoms with Gasteiger partial charge in [-0.05, 0) is 36.2 Å². The van der Waals surface area contributed by atoms with E-state index in [1.165, 1.54) is 11.1 Å². The third kappa shape index (κ3) is 3.90. The first-order valence-electron chi connectivity index (χ1n) is 8.62. The number of nitrogens with one attached hydrogen (secondary N) is 1. The zero-order chi connectivity index (χ0) is 21.3. The van der Waals surface area contributed by atoms with Gasteiger partial charge in [-0.3, -0.25) is 4.79 Å². The summed E-state index contributed by atoms with van der Waals surface area (Å²) in [6, 6.07) is 7.02. The van der Waals surface area contributed by atoms with Crippen molar-refractivity contribution >= 4 is 11.6 Å². The van der Waals surface area contributed by atoms with Crippen molar-refractivity contribution in [2.45, 2.75) is 13.5 Å². The van der Waals surface area contributed by atoms with Crippen molar-refractivity contribution in [1.29, 1.82) is 0 Å². The van der Waals surface area contributed by atoms with Crippen molar-refractivity contribution in [2.24, 2.45) is 0 Å². The molecule has 2 heterocycles. The Morgan fingerprint density at radius 1 is 1.13 bits per heavy atom. The van der Waals surface area contributed by atoms with Crippen molar-refractivity contribution in [1.82, 2.24) is 24.9 Å². The molecule has 0 radical (unpaired) electrons. The first-order chi connectivity index (χ1) is 14.4. The van der Waals surface area contributed by atoms with E-state index in [4.69, 9.17) is 4.52 Å². The average Bonchev–Trinajstić information content (AvgIpc) is 3.24. The van der Waals surface area contributed by atoms with Crippen LogP contribution in [0.15, 0.2) is 52.2 Å². The minimum atomic E-state index is -1.56. The minimum Gasteiger partial charge on any atom is -0.342 e. The van der Waals surface area contributed by atoms with E-state index in [2.05, 4.69) is 25.5 Å². The van der Waals surface area contributed by atoms with E-state index < -0.39 is 23.0 Å². The summed E-state index contributed by atoms with van der Waals surface area (Å²) in [7, 11) is 0. The second kappa shape index (κ2) is 7.78. The molecule has 0 aliphatic rings. The highest BCUT2D eigenvalue weighted by Gasteiger charge is 2.14. The first kappa shape index (κ1) is 19.3. The Morgan fingerprint density at radius 3 is 2.60 bits per heavy atom. The normalized spacial score (nSPS) is 10.9. The van der Waals surface area contributed by atoms with Gasteiger partial charge < -0.3 is 9.84 Å². The maximum atomic E-state index is 13.5. The zero-order valence-corrected chi connectivity index (χ0v) is 15.4. The smallest absolute Gasteiger partial charge is 0.293 e. The van der Waals surface area contributed by atoms with Crippen LogP contribution in [0.4, 0.5) is 24.8 Å². The lowest BCUT2D eigenvalue weighted by Gasteiger charge is -2.14. The number of rotatable bonds is 5. The van der Waals surface area contributed by atoms with E-state index in [1.807, 2.05) is 6.92 Å². The van der Waals surface area contributed by atoms with Crippen LogP contribution >= 0.6 is 0 Å². The topological polar surface area (TPSA) is 98.7 Å². The van der Waals surface area contributed by atoms with Crippen molar-refractivity contribution < 1.29 is 17.7 Å². The second-order valence-corrected chi connectivity index (χ2v) is 6.36. The molecule has 0 bridgehead atoms. The highest BCUT2D eigenvalue weighted by atomic mass is 19.2. The van der Waals surface area contributed by atoms with Crippen LogP contribution in [-0.2, 0) is 6.54 Å². The van der Waals surface area contributed by atoms with Crippen LogP contribution < -0.4 is 10.9 Å². The van der Waals surface area contributed by atoms with Gasteiger partial charge in [0.1, 0.15) is 6.20 Å². The van der Waals surface area contributed by atoms with Gasteiger partial charge in [0.25, 0.3) is 5.56 Å². The molecule has 11 heteroatoms. The largest absolute Gasteiger partial charge is 0.342 e. The Labute approximate surface area is 167 Å². The van der Waals surface area contributed by atoms with Crippen LogP contribution in [-0.4, -0.2) is 24.9 Å². The molecule has 0 aliphatic heterocycles. The van der Waals surface area contributed by atoms with Gasteiger partial charge >= 0.3 is 0 Å². The number of aromatic nitrogens is 5. The van der Waals surface area contributed by atoms with E-state index in [9.17, 15) is 18.0 Å². The fourth-order valence-corrected chi connectivity index (χ4v) is 2.76. The minimum absolute atomic E-state index is 0.0287. The van der Waals surface area contributed by atoms with E-state index >= 15 is 0 Å². The zero-order valence-electron chi connectivity index (χ0n) is 15.4. The maximum Gasteiger partial charge on any atom is 0.293 e. The van der Waals surface area contributed by atoms with Gasteiger partial charge in [0.15, 0.2) is 17.5 Å². The Morgan fingerprint density at radius 2 is 1.90 bits per heavy atom. The first-order valence-corrected chi connectivity index (χ1v) is 8.62. The van der Waals surface area contributed by atoms with Crippen LogP contribution in [0.1, 0.15) is 11.1 Å². The van der Waals surface area contributed by atoms with Crippen LogP contribution in [0, 0.1) is 24.4 Å². The molecule has 4 rings (SSSR count). The molecule has 0 amide bonds. The molecule has 0 spiro atoms. The molecule has 0 atom stereocenters. The highest BCUT2D eigenvalue weighted by Crippen LogP contribution is 2.25. The highest BCUT2D eigenvalue weighted by molar-refractivity contribution is 5.67. The summed E-state index contributed by atoms with van der Waals surface area (Å²) in [6.45, 7) is 1.67. The summed E-state index contributed by atoms with van der Waals surface area (Å²) >= 11 is 0. The van der Waals surface area contributed by atoms with Gasteiger partial charge in [-0.25, -0.2) is 17.9 Å². The summed E-state index contributed by atoms with van der Waals surface area (Å²) in [4.78, 5) is 19.6. The second-order valence-electron chi connectivity index (χ2n) is 6.36. The standard InChI is InChI=1S/C19H13F3N6O2/c1-10-2-3-12(18-23-9-30-27-18)6-15(10)25-19-26-16(29)7-24-28(19)8-11-4-13(20)17(22)14(21)5-11/h2-7,9H,8H2,1H3,(H,25,26,29). The lowest BCUT2D eigenvalue weighted by Crippen LogP contribution is -2.19. The molecule has 0 saturated carbocycles. The molecule has 30 heavy (non-hydrogen) atoms. The SMILES string of the molecule is Cc1ccc(-c2ncon2)cc1Nc1nc(=O)cnn1Cc1cc(F)c(F)c(F)c1. The Kier molecular flexibility index (Phi) is 5.00. The molecular weight excluding hydrogens is 401 g/mol. The Hall–Kier alpha value is -4.02. The van der Waals surface area contributed by atoms with Crippen LogP contribution in [0.2, 0.25) is 0 Å². The summed E-state index contributed by atoms with van der Waals surface area (Å²) in [5, 5.41) is 10.7.